The van der Waals surface area contributed by atoms with E-state index in [2.05, 4.69) is 18.0 Å². The molecule has 5 nitrogen and oxygen atoms in total. The van der Waals surface area contributed by atoms with Crippen LogP contribution in [0.5, 0.6) is 23.0 Å². The van der Waals surface area contributed by atoms with Gasteiger partial charge in [-0.05, 0) is 48.7 Å². The average molecular weight is 325 g/mol. The number of likely N-dealkylation sites (N-methyl/N-ethyl adjacent to an activating group) is 1. The van der Waals surface area contributed by atoms with Crippen LogP contribution in [-0.4, -0.2) is 37.5 Å². The molecule has 1 N–H and O–H groups in total. The Morgan fingerprint density at radius 1 is 1.17 bits per heavy atom. The summed E-state index contributed by atoms with van der Waals surface area (Å²) in [6.07, 6.45) is 1.84. The van der Waals surface area contributed by atoms with Crippen molar-refractivity contribution < 1.29 is 19.3 Å². The van der Waals surface area contributed by atoms with Crippen molar-refractivity contribution in [3.8, 4) is 34.1 Å². The van der Waals surface area contributed by atoms with Crippen LogP contribution in [0, 0.1) is 0 Å². The van der Waals surface area contributed by atoms with Gasteiger partial charge in [-0.1, -0.05) is 0 Å². The molecule has 2 aromatic carbocycles. The second kappa shape index (κ2) is 4.80. The fraction of sp³-hybridized carbons (Fsp3) is 0.368. The molecule has 5 rings (SSSR count). The first kappa shape index (κ1) is 14.0. The van der Waals surface area contributed by atoms with Crippen LogP contribution < -0.4 is 14.2 Å². The van der Waals surface area contributed by atoms with Crippen LogP contribution in [-0.2, 0) is 12.8 Å². The normalized spacial score (nSPS) is 20.5. The van der Waals surface area contributed by atoms with Crippen LogP contribution >= 0.6 is 0 Å². The Labute approximate surface area is 140 Å². The third-order valence-corrected chi connectivity index (χ3v) is 5.46. The number of aromatic hydroxyl groups is 1. The molecule has 24 heavy (non-hydrogen) atoms. The SMILES string of the molecule is COc1cc(O)c2c(c1)C[C@@H]1c3c(cc4c(c3-2)OCO4)CCN1C. The number of phenols is 1. The van der Waals surface area contributed by atoms with Crippen molar-refractivity contribution in [2.24, 2.45) is 0 Å². The Kier molecular flexibility index (Phi) is 2.80. The molecule has 0 amide bonds. The molecular weight excluding hydrogens is 306 g/mol. The molecule has 2 heterocycles. The lowest BCUT2D eigenvalue weighted by atomic mass is 9.76. The van der Waals surface area contributed by atoms with Gasteiger partial charge in [-0.15, -0.1) is 0 Å². The van der Waals surface area contributed by atoms with Gasteiger partial charge in [-0.25, -0.2) is 0 Å². The molecule has 0 saturated heterocycles. The van der Waals surface area contributed by atoms with Crippen LogP contribution in [0.4, 0.5) is 0 Å². The van der Waals surface area contributed by atoms with Gasteiger partial charge >= 0.3 is 0 Å². The quantitative estimate of drug-likeness (QED) is 0.874. The van der Waals surface area contributed by atoms with Gasteiger partial charge in [0.25, 0.3) is 0 Å². The number of hydrogen-bond acceptors (Lipinski definition) is 5. The van der Waals surface area contributed by atoms with Gasteiger partial charge in [0.1, 0.15) is 11.5 Å². The minimum absolute atomic E-state index is 0.234. The largest absolute Gasteiger partial charge is 0.507 e. The first-order valence-electron chi connectivity index (χ1n) is 8.23. The zero-order valence-corrected chi connectivity index (χ0v) is 13.8. The Morgan fingerprint density at radius 3 is 2.88 bits per heavy atom. The van der Waals surface area contributed by atoms with Crippen LogP contribution in [0.15, 0.2) is 18.2 Å². The third-order valence-electron chi connectivity index (χ3n) is 5.46. The molecule has 2 aromatic rings. The highest BCUT2D eigenvalue weighted by molar-refractivity contribution is 5.87. The molecule has 0 spiro atoms. The molecule has 1 atom stereocenters. The Balaban J connectivity index is 1.86. The molecule has 0 fully saturated rings. The van der Waals surface area contributed by atoms with Crippen LogP contribution in [0.3, 0.4) is 0 Å². The Bertz CT molecular complexity index is 861. The third kappa shape index (κ3) is 1.73. The zero-order chi connectivity index (χ0) is 16.4. The van der Waals surface area contributed by atoms with E-state index in [1.807, 2.05) is 6.07 Å². The van der Waals surface area contributed by atoms with E-state index in [4.69, 9.17) is 14.2 Å². The summed E-state index contributed by atoms with van der Waals surface area (Å²) in [6, 6.07) is 6.10. The van der Waals surface area contributed by atoms with Crippen molar-refractivity contribution in [1.29, 1.82) is 0 Å². The van der Waals surface area contributed by atoms with E-state index in [9.17, 15) is 5.11 Å². The first-order chi connectivity index (χ1) is 11.7. The first-order valence-corrected chi connectivity index (χ1v) is 8.23. The zero-order valence-electron chi connectivity index (χ0n) is 13.8. The summed E-state index contributed by atoms with van der Waals surface area (Å²) in [7, 11) is 3.78. The summed E-state index contributed by atoms with van der Waals surface area (Å²) in [5.41, 5.74) is 5.53. The topological polar surface area (TPSA) is 51.2 Å². The van der Waals surface area contributed by atoms with Crippen molar-refractivity contribution in [2.45, 2.75) is 18.9 Å². The van der Waals surface area contributed by atoms with Gasteiger partial charge < -0.3 is 19.3 Å². The lowest BCUT2D eigenvalue weighted by Gasteiger charge is -2.40. The molecule has 5 heteroatoms. The van der Waals surface area contributed by atoms with Gasteiger partial charge in [0.05, 0.1) is 7.11 Å². The van der Waals surface area contributed by atoms with Gasteiger partial charge in [0.15, 0.2) is 11.5 Å². The highest BCUT2D eigenvalue weighted by atomic mass is 16.7. The number of nitrogens with zero attached hydrogens (tertiary/aromatic N) is 1. The van der Waals surface area contributed by atoms with E-state index in [0.29, 0.717) is 5.75 Å². The van der Waals surface area contributed by atoms with Gasteiger partial charge in [-0.3, -0.25) is 4.90 Å². The molecule has 124 valence electrons. The van der Waals surface area contributed by atoms with E-state index in [0.717, 1.165) is 47.6 Å². The number of methoxy groups -OCH3 is 1. The monoisotopic (exact) mass is 325 g/mol. The van der Waals surface area contributed by atoms with E-state index in [-0.39, 0.29) is 18.6 Å². The van der Waals surface area contributed by atoms with Crippen molar-refractivity contribution >= 4 is 0 Å². The number of hydrogen-bond donors (Lipinski definition) is 1. The van der Waals surface area contributed by atoms with Gasteiger partial charge in [0.2, 0.25) is 6.79 Å². The Morgan fingerprint density at radius 2 is 2.04 bits per heavy atom. The van der Waals surface area contributed by atoms with E-state index in [1.54, 1.807) is 13.2 Å². The minimum atomic E-state index is 0.234. The fourth-order valence-electron chi connectivity index (χ4n) is 4.31. The number of phenolic OH excluding ortho intramolecular Hbond substituents is 1. The lowest BCUT2D eigenvalue weighted by Crippen LogP contribution is -2.35. The number of rotatable bonds is 1. The van der Waals surface area contributed by atoms with Crippen LogP contribution in [0.2, 0.25) is 0 Å². The minimum Gasteiger partial charge on any atom is -0.507 e. The van der Waals surface area contributed by atoms with Crippen molar-refractivity contribution in [3.05, 3.63) is 34.9 Å². The number of ether oxygens (including phenoxy) is 3. The molecule has 1 aliphatic carbocycles. The van der Waals surface area contributed by atoms with Gasteiger partial charge in [0, 0.05) is 29.8 Å². The van der Waals surface area contributed by atoms with Crippen molar-refractivity contribution in [3.63, 3.8) is 0 Å². The summed E-state index contributed by atoms with van der Waals surface area (Å²) >= 11 is 0. The summed E-state index contributed by atoms with van der Waals surface area (Å²) in [6.45, 7) is 1.25. The van der Waals surface area contributed by atoms with E-state index < -0.39 is 0 Å². The van der Waals surface area contributed by atoms with Gasteiger partial charge in [-0.2, -0.15) is 0 Å². The maximum atomic E-state index is 10.7. The average Bonchev–Trinajstić information content (AvgIpc) is 3.05. The summed E-state index contributed by atoms with van der Waals surface area (Å²) in [5, 5.41) is 10.7. The molecular formula is C19H19NO4. The van der Waals surface area contributed by atoms with Crippen molar-refractivity contribution in [1.82, 2.24) is 4.90 Å². The molecule has 0 unspecified atom stereocenters. The maximum Gasteiger partial charge on any atom is 0.231 e. The predicted molar refractivity (Wildman–Crippen MR) is 89.0 cm³/mol. The standard InChI is InChI=1S/C19H19NO4/c1-20-4-3-10-7-15-19(24-9-23-15)18-16(10)13(20)6-11-5-12(22-2)8-14(21)17(11)18/h5,7-8,13,21H,3-4,6,9H2,1-2H3/t13-/m1/s1. The highest BCUT2D eigenvalue weighted by Gasteiger charge is 2.38. The second-order valence-corrected chi connectivity index (χ2v) is 6.69. The van der Waals surface area contributed by atoms with Crippen LogP contribution in [0.25, 0.3) is 11.1 Å². The molecule has 0 bridgehead atoms. The number of benzene rings is 2. The van der Waals surface area contributed by atoms with E-state index in [1.165, 1.54) is 11.1 Å². The molecule has 2 aliphatic heterocycles. The second-order valence-electron chi connectivity index (χ2n) is 6.69. The maximum absolute atomic E-state index is 10.7. The predicted octanol–water partition coefficient (Wildman–Crippen LogP) is 2.88. The summed E-state index contributed by atoms with van der Waals surface area (Å²) in [5.74, 6) is 2.46. The van der Waals surface area contributed by atoms with E-state index >= 15 is 0 Å². The molecule has 0 saturated carbocycles. The highest BCUT2D eigenvalue weighted by Crippen LogP contribution is 2.56. The smallest absolute Gasteiger partial charge is 0.231 e. The summed E-state index contributed by atoms with van der Waals surface area (Å²) < 4.78 is 16.8. The molecule has 3 aliphatic rings. The molecule has 0 aromatic heterocycles. The fourth-order valence-corrected chi connectivity index (χ4v) is 4.31. The van der Waals surface area contributed by atoms with Crippen molar-refractivity contribution in [2.75, 3.05) is 27.5 Å². The Hall–Kier alpha value is -2.40. The summed E-state index contributed by atoms with van der Waals surface area (Å²) in [4.78, 5) is 2.38. The lowest BCUT2D eigenvalue weighted by molar-refractivity contribution is 0.174. The number of fused-ring (bicyclic) bond motifs is 4. The molecule has 0 radical (unpaired) electrons. The van der Waals surface area contributed by atoms with Crippen LogP contribution in [0.1, 0.15) is 22.7 Å².